The minimum Gasteiger partial charge on any atom is -0.354 e. The van der Waals surface area contributed by atoms with Crippen molar-refractivity contribution in [1.29, 1.82) is 0 Å². The highest BCUT2D eigenvalue weighted by atomic mass is 32.1. The third-order valence-electron chi connectivity index (χ3n) is 5.30. The molecule has 2 aliphatic rings. The summed E-state index contributed by atoms with van der Waals surface area (Å²) >= 11 is 1.53. The molecule has 7 nitrogen and oxygen atoms in total. The van der Waals surface area contributed by atoms with Crippen LogP contribution >= 0.6 is 11.3 Å². The highest BCUT2D eigenvalue weighted by Crippen LogP contribution is 2.21. The number of aryl methyl sites for hydroxylation is 1. The van der Waals surface area contributed by atoms with Crippen LogP contribution in [0.15, 0.2) is 23.8 Å². The maximum atomic E-state index is 12.6. The molecular weight excluding hydrogens is 360 g/mol. The Labute approximate surface area is 164 Å². The molecule has 0 unspecified atom stereocenters. The van der Waals surface area contributed by atoms with Crippen LogP contribution in [-0.2, 0) is 0 Å². The number of amides is 1. The van der Waals surface area contributed by atoms with Gasteiger partial charge < -0.3 is 19.6 Å². The summed E-state index contributed by atoms with van der Waals surface area (Å²) in [4.78, 5) is 31.3. The van der Waals surface area contributed by atoms with Crippen LogP contribution in [-0.4, -0.2) is 85.1 Å². The minimum absolute atomic E-state index is 0.147. The number of carbonyl (C=O) groups excluding carboxylic acids is 1. The third kappa shape index (κ3) is 4.06. The summed E-state index contributed by atoms with van der Waals surface area (Å²) in [7, 11) is 2.15. The second-order valence-electron chi connectivity index (χ2n) is 7.29. The van der Waals surface area contributed by atoms with E-state index in [1.807, 2.05) is 23.3 Å². The lowest BCUT2D eigenvalue weighted by Gasteiger charge is -2.36. The maximum Gasteiger partial charge on any atom is 0.264 e. The normalized spacial score (nSPS) is 18.8. The third-order valence-corrected chi connectivity index (χ3v) is 6.33. The number of rotatable bonds is 3. The van der Waals surface area contributed by atoms with Crippen molar-refractivity contribution in [1.82, 2.24) is 19.8 Å². The predicted molar refractivity (Wildman–Crippen MR) is 109 cm³/mol. The average molecular weight is 387 g/mol. The van der Waals surface area contributed by atoms with Crippen molar-refractivity contribution in [3.05, 3.63) is 34.3 Å². The van der Waals surface area contributed by atoms with Crippen LogP contribution in [0.3, 0.4) is 0 Å². The van der Waals surface area contributed by atoms with Gasteiger partial charge in [0.2, 0.25) is 0 Å². The molecular formula is C19H26N6OS. The van der Waals surface area contributed by atoms with E-state index in [4.69, 9.17) is 0 Å². The van der Waals surface area contributed by atoms with Gasteiger partial charge in [-0.3, -0.25) is 4.79 Å². The van der Waals surface area contributed by atoms with Gasteiger partial charge in [0, 0.05) is 58.4 Å². The van der Waals surface area contributed by atoms with Gasteiger partial charge >= 0.3 is 0 Å². The van der Waals surface area contributed by atoms with Crippen LogP contribution in [0.2, 0.25) is 0 Å². The molecule has 1 amide bonds. The lowest BCUT2D eigenvalue weighted by atomic mass is 10.2. The average Bonchev–Trinajstić information content (AvgIpc) is 3.14. The number of carbonyl (C=O) groups is 1. The Kier molecular flexibility index (Phi) is 5.27. The van der Waals surface area contributed by atoms with Crippen LogP contribution in [0.5, 0.6) is 0 Å². The van der Waals surface area contributed by atoms with Crippen molar-refractivity contribution in [3.63, 3.8) is 0 Å². The highest BCUT2D eigenvalue weighted by molar-refractivity contribution is 7.12. The molecule has 0 radical (unpaired) electrons. The van der Waals surface area contributed by atoms with Crippen molar-refractivity contribution in [3.8, 4) is 0 Å². The Hall–Kier alpha value is -2.19. The predicted octanol–water partition coefficient (Wildman–Crippen LogP) is 1.56. The van der Waals surface area contributed by atoms with Gasteiger partial charge in [-0.05, 0) is 31.0 Å². The van der Waals surface area contributed by atoms with Crippen LogP contribution in [0, 0.1) is 6.92 Å². The van der Waals surface area contributed by atoms with Crippen molar-refractivity contribution in [2.75, 3.05) is 69.2 Å². The Balaban J connectivity index is 1.38. The molecule has 2 fully saturated rings. The van der Waals surface area contributed by atoms with Gasteiger partial charge in [0.25, 0.3) is 5.91 Å². The maximum absolute atomic E-state index is 12.6. The molecule has 27 heavy (non-hydrogen) atoms. The molecule has 2 aromatic rings. The topological polar surface area (TPSA) is 55.8 Å². The molecule has 144 valence electrons. The second-order valence-corrected chi connectivity index (χ2v) is 8.20. The fraction of sp³-hybridized carbons (Fsp3) is 0.526. The Morgan fingerprint density at radius 1 is 0.926 bits per heavy atom. The van der Waals surface area contributed by atoms with Gasteiger partial charge in [0.15, 0.2) is 0 Å². The zero-order valence-electron chi connectivity index (χ0n) is 16.0. The van der Waals surface area contributed by atoms with Crippen LogP contribution in [0.1, 0.15) is 15.2 Å². The van der Waals surface area contributed by atoms with E-state index >= 15 is 0 Å². The van der Waals surface area contributed by atoms with Gasteiger partial charge in [0.1, 0.15) is 18.0 Å². The van der Waals surface area contributed by atoms with Gasteiger partial charge in [-0.1, -0.05) is 0 Å². The van der Waals surface area contributed by atoms with E-state index in [-0.39, 0.29) is 5.91 Å². The van der Waals surface area contributed by atoms with E-state index in [1.54, 1.807) is 6.33 Å². The van der Waals surface area contributed by atoms with E-state index in [0.29, 0.717) is 0 Å². The summed E-state index contributed by atoms with van der Waals surface area (Å²) < 4.78 is 0. The molecule has 0 bridgehead atoms. The smallest absolute Gasteiger partial charge is 0.264 e. The number of piperazine rings is 2. The van der Waals surface area contributed by atoms with Crippen LogP contribution < -0.4 is 9.80 Å². The number of aromatic nitrogens is 2. The Morgan fingerprint density at radius 3 is 2.07 bits per heavy atom. The Bertz CT molecular complexity index is 793. The molecule has 0 aliphatic carbocycles. The van der Waals surface area contributed by atoms with E-state index < -0.39 is 0 Å². The quantitative estimate of drug-likeness (QED) is 0.798. The van der Waals surface area contributed by atoms with Gasteiger partial charge in [-0.2, -0.15) is 0 Å². The molecule has 2 aromatic heterocycles. The second kappa shape index (κ2) is 7.82. The summed E-state index contributed by atoms with van der Waals surface area (Å²) in [5.41, 5.74) is 1.15. The lowest BCUT2D eigenvalue weighted by Crippen LogP contribution is -2.49. The van der Waals surface area contributed by atoms with E-state index in [1.165, 1.54) is 11.3 Å². The van der Waals surface area contributed by atoms with Gasteiger partial charge in [-0.15, -0.1) is 11.3 Å². The number of hydrogen-bond acceptors (Lipinski definition) is 7. The van der Waals surface area contributed by atoms with Crippen LogP contribution in [0.4, 0.5) is 11.6 Å². The fourth-order valence-electron chi connectivity index (χ4n) is 3.56. The minimum atomic E-state index is 0.147. The summed E-state index contributed by atoms with van der Waals surface area (Å²) in [6, 6.07) is 4.07. The summed E-state index contributed by atoms with van der Waals surface area (Å²) in [6.45, 7) is 9.19. The first kappa shape index (κ1) is 18.2. The van der Waals surface area contributed by atoms with Crippen molar-refractivity contribution in [2.24, 2.45) is 0 Å². The van der Waals surface area contributed by atoms with Crippen molar-refractivity contribution in [2.45, 2.75) is 6.92 Å². The van der Waals surface area contributed by atoms with E-state index in [9.17, 15) is 4.79 Å². The molecule has 0 spiro atoms. The number of hydrogen-bond donors (Lipinski definition) is 0. The molecule has 2 aliphatic heterocycles. The number of anilines is 2. The summed E-state index contributed by atoms with van der Waals surface area (Å²) in [6.07, 6.45) is 1.66. The van der Waals surface area contributed by atoms with E-state index in [2.05, 4.69) is 37.8 Å². The number of nitrogens with zero attached hydrogens (tertiary/aromatic N) is 6. The van der Waals surface area contributed by atoms with Crippen molar-refractivity contribution < 1.29 is 4.79 Å². The summed E-state index contributed by atoms with van der Waals surface area (Å²) in [5, 5.41) is 2.03. The van der Waals surface area contributed by atoms with Crippen molar-refractivity contribution >= 4 is 28.9 Å². The SMILES string of the molecule is Cc1csc(C(=O)N2CCN(c3cc(N4CCN(C)CC4)ncn3)CC2)c1. The molecule has 4 heterocycles. The largest absolute Gasteiger partial charge is 0.354 e. The first-order valence-electron chi connectivity index (χ1n) is 9.45. The standard InChI is InChI=1S/C19H26N6OS/c1-15-11-16(27-13-15)19(26)25-9-7-24(8-10-25)18-12-17(20-14-21-18)23-5-3-22(2)4-6-23/h11-14H,3-10H2,1-2H3. The van der Waals surface area contributed by atoms with Crippen LogP contribution in [0.25, 0.3) is 0 Å². The zero-order valence-corrected chi connectivity index (χ0v) is 16.8. The molecule has 0 N–H and O–H groups in total. The monoisotopic (exact) mass is 386 g/mol. The zero-order chi connectivity index (χ0) is 18.8. The molecule has 2 saturated heterocycles. The fourth-order valence-corrected chi connectivity index (χ4v) is 4.42. The molecule has 8 heteroatoms. The highest BCUT2D eigenvalue weighted by Gasteiger charge is 2.24. The first-order chi connectivity index (χ1) is 13.1. The summed E-state index contributed by atoms with van der Waals surface area (Å²) in [5.74, 6) is 2.10. The molecule has 4 rings (SSSR count). The molecule has 0 saturated carbocycles. The molecule has 0 aromatic carbocycles. The first-order valence-corrected chi connectivity index (χ1v) is 10.3. The Morgan fingerprint density at radius 2 is 1.52 bits per heavy atom. The number of likely N-dealkylation sites (N-methyl/N-ethyl adjacent to an activating group) is 1. The molecule has 0 atom stereocenters. The van der Waals surface area contributed by atoms with Gasteiger partial charge in [-0.25, -0.2) is 9.97 Å². The number of thiophene rings is 1. The van der Waals surface area contributed by atoms with E-state index in [0.717, 1.165) is 74.4 Å². The van der Waals surface area contributed by atoms with Gasteiger partial charge in [0.05, 0.1) is 4.88 Å². The lowest BCUT2D eigenvalue weighted by molar-refractivity contribution is 0.0751.